The van der Waals surface area contributed by atoms with Crippen molar-refractivity contribution in [2.75, 3.05) is 5.32 Å². The summed E-state index contributed by atoms with van der Waals surface area (Å²) in [4.78, 5) is 14.9. The van der Waals surface area contributed by atoms with E-state index in [1.54, 1.807) is 0 Å². The Morgan fingerprint density at radius 1 is 1.35 bits per heavy atom. The van der Waals surface area contributed by atoms with Gasteiger partial charge in [-0.15, -0.1) is 0 Å². The maximum atomic E-state index is 13.4. The summed E-state index contributed by atoms with van der Waals surface area (Å²) >= 11 is 5.74. The van der Waals surface area contributed by atoms with Gasteiger partial charge in [0, 0.05) is 11.9 Å². The average Bonchev–Trinajstić information content (AvgIpc) is 2.43. The minimum Gasteiger partial charge on any atom is -0.322 e. The topological polar surface area (TPSA) is 65.8 Å². The maximum absolute atomic E-state index is 13.4. The lowest BCUT2D eigenvalue weighted by molar-refractivity contribution is 0.102. The van der Waals surface area contributed by atoms with Crippen LogP contribution in [0, 0.1) is 23.1 Å². The first kappa shape index (κ1) is 13.9. The summed E-state index contributed by atoms with van der Waals surface area (Å²) in [5, 5.41) is 11.4. The number of halogens is 3. The summed E-state index contributed by atoms with van der Waals surface area (Å²) in [7, 11) is 0. The molecule has 20 heavy (non-hydrogen) atoms. The number of pyridine rings is 1. The number of rotatable bonds is 2. The molecule has 100 valence electrons. The number of hydrogen-bond donors (Lipinski definition) is 1. The van der Waals surface area contributed by atoms with Crippen LogP contribution in [0.15, 0.2) is 30.5 Å². The van der Waals surface area contributed by atoms with E-state index in [1.807, 2.05) is 6.07 Å². The fourth-order valence-electron chi connectivity index (χ4n) is 1.48. The Kier molecular flexibility index (Phi) is 3.91. The van der Waals surface area contributed by atoms with Gasteiger partial charge >= 0.3 is 0 Å². The molecular formula is C13H6ClF2N3O. The summed E-state index contributed by atoms with van der Waals surface area (Å²) in [6.07, 6.45) is 0.982. The molecule has 1 amide bonds. The van der Waals surface area contributed by atoms with Crippen molar-refractivity contribution in [1.82, 2.24) is 4.98 Å². The lowest BCUT2D eigenvalue weighted by atomic mass is 10.2. The van der Waals surface area contributed by atoms with Gasteiger partial charge in [0.2, 0.25) is 5.95 Å². The third kappa shape index (κ3) is 2.73. The van der Waals surface area contributed by atoms with Gasteiger partial charge in [0.15, 0.2) is 5.82 Å². The number of nitrogens with one attached hydrogen (secondary N) is 1. The van der Waals surface area contributed by atoms with Crippen molar-refractivity contribution in [3.8, 4) is 6.07 Å². The third-order valence-electron chi connectivity index (χ3n) is 2.44. The highest BCUT2D eigenvalue weighted by molar-refractivity contribution is 6.31. The third-order valence-corrected chi connectivity index (χ3v) is 2.77. The molecule has 0 aliphatic rings. The minimum absolute atomic E-state index is 0.158. The second-order valence-electron chi connectivity index (χ2n) is 3.72. The first-order valence-corrected chi connectivity index (χ1v) is 5.71. The highest BCUT2D eigenvalue weighted by atomic mass is 35.5. The molecule has 0 atom stereocenters. The van der Waals surface area contributed by atoms with Crippen molar-refractivity contribution < 1.29 is 13.6 Å². The van der Waals surface area contributed by atoms with Crippen LogP contribution in [0.4, 0.5) is 14.5 Å². The van der Waals surface area contributed by atoms with E-state index in [4.69, 9.17) is 16.9 Å². The summed E-state index contributed by atoms with van der Waals surface area (Å²) in [5.74, 6) is -3.54. The minimum atomic E-state index is -1.36. The van der Waals surface area contributed by atoms with Crippen LogP contribution < -0.4 is 5.32 Å². The monoisotopic (exact) mass is 293 g/mol. The number of carbonyl (C=O) groups excluding carboxylic acids is 1. The van der Waals surface area contributed by atoms with E-state index in [9.17, 15) is 13.6 Å². The van der Waals surface area contributed by atoms with Crippen LogP contribution >= 0.6 is 11.6 Å². The summed E-state index contributed by atoms with van der Waals surface area (Å²) < 4.78 is 26.3. The van der Waals surface area contributed by atoms with Crippen LogP contribution in [0.25, 0.3) is 0 Å². The largest absolute Gasteiger partial charge is 0.322 e. The van der Waals surface area contributed by atoms with Gasteiger partial charge < -0.3 is 5.32 Å². The normalized spacial score (nSPS) is 9.90. The lowest BCUT2D eigenvalue weighted by Crippen LogP contribution is -2.15. The van der Waals surface area contributed by atoms with Crippen molar-refractivity contribution in [2.45, 2.75) is 0 Å². The predicted molar refractivity (Wildman–Crippen MR) is 68.3 cm³/mol. The van der Waals surface area contributed by atoms with Crippen molar-refractivity contribution in [3.05, 3.63) is 58.4 Å². The first-order valence-electron chi connectivity index (χ1n) is 5.34. The van der Waals surface area contributed by atoms with Crippen molar-refractivity contribution in [1.29, 1.82) is 5.26 Å². The lowest BCUT2D eigenvalue weighted by Gasteiger charge is -2.07. The summed E-state index contributed by atoms with van der Waals surface area (Å²) in [6, 6.07) is 7.08. The van der Waals surface area contributed by atoms with E-state index in [0.29, 0.717) is 0 Å². The van der Waals surface area contributed by atoms with Gasteiger partial charge in [-0.25, -0.2) is 9.37 Å². The molecule has 0 bridgehead atoms. The molecule has 7 heteroatoms. The molecule has 0 aliphatic carbocycles. The molecule has 1 N–H and O–H groups in total. The standard InChI is InChI=1S/C13H6ClF2N3O/c14-10-2-1-8(5-7(10)6-17)19-13(20)9-3-4-18-12(16)11(9)15/h1-5H,(H,19,20). The Bertz CT molecular complexity index is 728. The Morgan fingerprint density at radius 2 is 2.10 bits per heavy atom. The Labute approximate surface area is 117 Å². The van der Waals surface area contributed by atoms with Crippen molar-refractivity contribution >= 4 is 23.2 Å². The number of carbonyl (C=O) groups is 1. The number of benzene rings is 1. The number of nitrogens with zero attached hydrogens (tertiary/aromatic N) is 2. The van der Waals surface area contributed by atoms with E-state index < -0.39 is 23.2 Å². The van der Waals surface area contributed by atoms with Gasteiger partial charge in [-0.05, 0) is 24.3 Å². The number of aromatic nitrogens is 1. The average molecular weight is 294 g/mol. The molecule has 2 rings (SSSR count). The summed E-state index contributed by atoms with van der Waals surface area (Å²) in [5.41, 5.74) is -0.0793. The highest BCUT2D eigenvalue weighted by Crippen LogP contribution is 2.20. The number of amides is 1. The molecule has 0 aliphatic heterocycles. The van der Waals surface area contributed by atoms with Crippen LogP contribution in [0.3, 0.4) is 0 Å². The zero-order valence-corrected chi connectivity index (χ0v) is 10.6. The number of anilines is 1. The molecule has 0 spiro atoms. The smallest absolute Gasteiger partial charge is 0.258 e. The van der Waals surface area contributed by atoms with Gasteiger partial charge in [0.25, 0.3) is 5.91 Å². The van der Waals surface area contributed by atoms with Gasteiger partial charge in [-0.2, -0.15) is 9.65 Å². The second kappa shape index (κ2) is 5.63. The van der Waals surface area contributed by atoms with E-state index in [0.717, 1.165) is 12.3 Å². The van der Waals surface area contributed by atoms with Crippen LogP contribution in [-0.4, -0.2) is 10.9 Å². The molecule has 0 unspecified atom stereocenters. The molecule has 4 nitrogen and oxygen atoms in total. The fraction of sp³-hybridized carbons (Fsp3) is 0. The van der Waals surface area contributed by atoms with Crippen LogP contribution in [0.5, 0.6) is 0 Å². The SMILES string of the molecule is N#Cc1cc(NC(=O)c2ccnc(F)c2F)ccc1Cl. The molecular weight excluding hydrogens is 288 g/mol. The van der Waals surface area contributed by atoms with E-state index in [2.05, 4.69) is 10.3 Å². The van der Waals surface area contributed by atoms with Gasteiger partial charge in [0.1, 0.15) is 6.07 Å². The van der Waals surface area contributed by atoms with Crippen LogP contribution in [0.2, 0.25) is 5.02 Å². The Balaban J connectivity index is 2.29. The molecule has 0 saturated heterocycles. The van der Waals surface area contributed by atoms with Crippen LogP contribution in [0.1, 0.15) is 15.9 Å². The molecule has 1 heterocycles. The number of hydrogen-bond acceptors (Lipinski definition) is 3. The van der Waals surface area contributed by atoms with Crippen LogP contribution in [-0.2, 0) is 0 Å². The Morgan fingerprint density at radius 3 is 2.80 bits per heavy atom. The zero-order valence-electron chi connectivity index (χ0n) is 9.82. The second-order valence-corrected chi connectivity index (χ2v) is 4.13. The molecule has 0 radical (unpaired) electrons. The van der Waals surface area contributed by atoms with Gasteiger partial charge in [0.05, 0.1) is 16.1 Å². The molecule has 1 aromatic heterocycles. The zero-order chi connectivity index (χ0) is 14.7. The highest BCUT2D eigenvalue weighted by Gasteiger charge is 2.16. The van der Waals surface area contributed by atoms with Crippen molar-refractivity contribution in [2.24, 2.45) is 0 Å². The van der Waals surface area contributed by atoms with Gasteiger partial charge in [-0.3, -0.25) is 4.79 Å². The first-order chi connectivity index (χ1) is 9.52. The fourth-order valence-corrected chi connectivity index (χ4v) is 1.64. The van der Waals surface area contributed by atoms with E-state index >= 15 is 0 Å². The number of nitriles is 1. The summed E-state index contributed by atoms with van der Waals surface area (Å²) in [6.45, 7) is 0. The molecule has 2 aromatic rings. The maximum Gasteiger partial charge on any atom is 0.258 e. The quantitative estimate of drug-likeness (QED) is 0.865. The van der Waals surface area contributed by atoms with E-state index in [-0.39, 0.29) is 16.3 Å². The Hall–Kier alpha value is -2.52. The molecule has 0 saturated carbocycles. The van der Waals surface area contributed by atoms with Crippen molar-refractivity contribution in [3.63, 3.8) is 0 Å². The molecule has 1 aromatic carbocycles. The molecule has 0 fully saturated rings. The predicted octanol–water partition coefficient (Wildman–Crippen LogP) is 3.14. The van der Waals surface area contributed by atoms with Gasteiger partial charge in [-0.1, -0.05) is 11.6 Å². The van der Waals surface area contributed by atoms with E-state index in [1.165, 1.54) is 18.2 Å².